The minimum Gasteiger partial charge on any atom is -0.339 e. The van der Waals surface area contributed by atoms with Gasteiger partial charge in [-0.05, 0) is 43.7 Å². The van der Waals surface area contributed by atoms with Gasteiger partial charge in [0.05, 0.1) is 17.5 Å². The quantitative estimate of drug-likeness (QED) is 0.322. The van der Waals surface area contributed by atoms with E-state index < -0.39 is 4.92 Å². The molecule has 0 amide bonds. The Kier molecular flexibility index (Phi) is 5.61. The lowest BCUT2D eigenvalue weighted by atomic mass is 9.98. The molecule has 0 bridgehead atoms. The average Bonchev–Trinajstić information content (AvgIpc) is 3.50. The molecule has 1 saturated heterocycles. The van der Waals surface area contributed by atoms with Crippen molar-refractivity contribution in [2.75, 3.05) is 13.1 Å². The van der Waals surface area contributed by atoms with E-state index in [1.807, 2.05) is 0 Å². The van der Waals surface area contributed by atoms with Crippen LogP contribution in [0.3, 0.4) is 0 Å². The molecule has 0 radical (unpaired) electrons. The Morgan fingerprint density at radius 2 is 2.00 bits per heavy atom. The fourth-order valence-corrected chi connectivity index (χ4v) is 3.96. The summed E-state index contributed by atoms with van der Waals surface area (Å²) in [5, 5.41) is 19.4. The largest absolute Gasteiger partial charge is 0.339 e. The number of nitro groups is 1. The number of rotatable bonds is 6. The van der Waals surface area contributed by atoms with Crippen molar-refractivity contribution in [2.24, 2.45) is 0 Å². The maximum absolute atomic E-state index is 13.5. The van der Waals surface area contributed by atoms with E-state index in [1.54, 1.807) is 35.3 Å². The lowest BCUT2D eigenvalue weighted by Gasteiger charge is -2.30. The molecule has 10 nitrogen and oxygen atoms in total. The van der Waals surface area contributed by atoms with Gasteiger partial charge in [-0.3, -0.25) is 15.0 Å². The molecule has 1 fully saturated rings. The molecule has 1 aliphatic heterocycles. The van der Waals surface area contributed by atoms with Crippen LogP contribution in [0.25, 0.3) is 22.8 Å². The number of halogens is 1. The SMILES string of the molecule is O=[N+]([O-])c1ccc(-c2ncn(CN3CCC[C@H](c4nc(-c5cccc(F)c5)no4)C3)n2)cc1. The predicted octanol–water partition coefficient (Wildman–Crippen LogP) is 3.88. The van der Waals surface area contributed by atoms with Crippen LogP contribution in [0.1, 0.15) is 24.7 Å². The summed E-state index contributed by atoms with van der Waals surface area (Å²) in [5.74, 6) is 1.17. The zero-order valence-electron chi connectivity index (χ0n) is 17.5. The molecular formula is C22H20FN7O3. The monoisotopic (exact) mass is 449 g/mol. The average molecular weight is 449 g/mol. The zero-order chi connectivity index (χ0) is 22.8. The van der Waals surface area contributed by atoms with Crippen LogP contribution >= 0.6 is 0 Å². The van der Waals surface area contributed by atoms with Crippen molar-refractivity contribution in [3.8, 4) is 22.8 Å². The van der Waals surface area contributed by atoms with Gasteiger partial charge in [0.15, 0.2) is 5.82 Å². The van der Waals surface area contributed by atoms with Crippen molar-refractivity contribution in [2.45, 2.75) is 25.4 Å². The van der Waals surface area contributed by atoms with Crippen molar-refractivity contribution >= 4 is 5.69 Å². The van der Waals surface area contributed by atoms with Crippen LogP contribution in [0, 0.1) is 15.9 Å². The molecule has 1 atom stereocenters. The van der Waals surface area contributed by atoms with Crippen molar-refractivity contribution in [3.63, 3.8) is 0 Å². The molecule has 0 aliphatic carbocycles. The fourth-order valence-electron chi connectivity index (χ4n) is 3.96. The number of aromatic nitrogens is 5. The van der Waals surface area contributed by atoms with Crippen LogP contribution in [0.2, 0.25) is 0 Å². The Balaban J connectivity index is 1.24. The van der Waals surface area contributed by atoms with Gasteiger partial charge in [0.2, 0.25) is 11.7 Å². The van der Waals surface area contributed by atoms with E-state index in [9.17, 15) is 14.5 Å². The lowest BCUT2D eigenvalue weighted by Crippen LogP contribution is -2.36. The second kappa shape index (κ2) is 8.87. The van der Waals surface area contributed by atoms with Gasteiger partial charge >= 0.3 is 0 Å². The highest BCUT2D eigenvalue weighted by molar-refractivity contribution is 5.56. The second-order valence-electron chi connectivity index (χ2n) is 7.94. The third-order valence-electron chi connectivity index (χ3n) is 5.60. The van der Waals surface area contributed by atoms with Gasteiger partial charge in [0, 0.05) is 29.8 Å². The number of likely N-dealkylation sites (tertiary alicyclic amines) is 1. The molecule has 0 spiro atoms. The van der Waals surface area contributed by atoms with Gasteiger partial charge in [0.1, 0.15) is 12.1 Å². The Morgan fingerprint density at radius 3 is 2.79 bits per heavy atom. The number of hydrogen-bond donors (Lipinski definition) is 0. The molecule has 0 unspecified atom stereocenters. The summed E-state index contributed by atoms with van der Waals surface area (Å²) in [4.78, 5) is 21.4. The topological polar surface area (TPSA) is 116 Å². The zero-order valence-corrected chi connectivity index (χ0v) is 17.5. The summed E-state index contributed by atoms with van der Waals surface area (Å²) in [6, 6.07) is 12.3. The number of nitrogens with zero attached hydrogens (tertiary/aromatic N) is 7. The van der Waals surface area contributed by atoms with Gasteiger partial charge in [-0.25, -0.2) is 14.1 Å². The Bertz CT molecular complexity index is 1270. The maximum atomic E-state index is 13.5. The molecule has 0 N–H and O–H groups in total. The number of hydrogen-bond acceptors (Lipinski definition) is 8. The Labute approximate surface area is 187 Å². The van der Waals surface area contributed by atoms with E-state index in [4.69, 9.17) is 4.52 Å². The first kappa shape index (κ1) is 20.9. The van der Waals surface area contributed by atoms with Crippen LogP contribution < -0.4 is 0 Å². The highest BCUT2D eigenvalue weighted by Crippen LogP contribution is 2.28. The first-order valence-electron chi connectivity index (χ1n) is 10.5. The van der Waals surface area contributed by atoms with E-state index in [0.29, 0.717) is 35.3 Å². The maximum Gasteiger partial charge on any atom is 0.269 e. The Morgan fingerprint density at radius 1 is 1.15 bits per heavy atom. The summed E-state index contributed by atoms with van der Waals surface area (Å²) in [5.41, 5.74) is 1.32. The van der Waals surface area contributed by atoms with Crippen molar-refractivity contribution in [1.29, 1.82) is 0 Å². The normalized spacial score (nSPS) is 16.7. The van der Waals surface area contributed by atoms with Crippen LogP contribution in [0.4, 0.5) is 10.1 Å². The van der Waals surface area contributed by atoms with Gasteiger partial charge in [-0.2, -0.15) is 4.98 Å². The molecule has 3 heterocycles. The molecule has 11 heteroatoms. The molecule has 1 aliphatic rings. The molecular weight excluding hydrogens is 429 g/mol. The third kappa shape index (κ3) is 4.62. The molecule has 4 aromatic rings. The highest BCUT2D eigenvalue weighted by atomic mass is 19.1. The fraction of sp³-hybridized carbons (Fsp3) is 0.273. The summed E-state index contributed by atoms with van der Waals surface area (Å²) in [6.45, 7) is 2.16. The van der Waals surface area contributed by atoms with E-state index in [2.05, 4.69) is 25.1 Å². The standard InChI is InChI=1S/C22H20FN7O3/c23-18-5-1-3-16(11-18)21-25-22(33-27-21)17-4-2-10-28(12-17)14-29-13-24-20(26-29)15-6-8-19(9-7-15)30(31)32/h1,3,5-9,11,13,17H,2,4,10,12,14H2/t17-/m0/s1. The van der Waals surface area contributed by atoms with Gasteiger partial charge in [-0.1, -0.05) is 17.3 Å². The summed E-state index contributed by atoms with van der Waals surface area (Å²) < 4.78 is 20.7. The van der Waals surface area contributed by atoms with Crippen LogP contribution in [-0.2, 0) is 6.67 Å². The van der Waals surface area contributed by atoms with E-state index >= 15 is 0 Å². The number of piperidine rings is 1. The van der Waals surface area contributed by atoms with Crippen molar-refractivity contribution < 1.29 is 13.8 Å². The van der Waals surface area contributed by atoms with Gasteiger partial charge < -0.3 is 4.52 Å². The van der Waals surface area contributed by atoms with E-state index in [-0.39, 0.29) is 17.4 Å². The highest BCUT2D eigenvalue weighted by Gasteiger charge is 2.26. The molecule has 2 aromatic heterocycles. The first-order valence-corrected chi connectivity index (χ1v) is 10.5. The van der Waals surface area contributed by atoms with Gasteiger partial charge in [-0.15, -0.1) is 5.10 Å². The van der Waals surface area contributed by atoms with Gasteiger partial charge in [0.25, 0.3) is 5.69 Å². The molecule has 5 rings (SSSR count). The smallest absolute Gasteiger partial charge is 0.269 e. The van der Waals surface area contributed by atoms with Crippen molar-refractivity contribution in [3.05, 3.63) is 76.7 Å². The van der Waals surface area contributed by atoms with Crippen LogP contribution in [0.15, 0.2) is 59.4 Å². The van der Waals surface area contributed by atoms with Crippen molar-refractivity contribution in [1.82, 2.24) is 29.8 Å². The molecule has 0 saturated carbocycles. The lowest BCUT2D eigenvalue weighted by molar-refractivity contribution is -0.384. The summed E-state index contributed by atoms with van der Waals surface area (Å²) in [6.07, 6.45) is 3.54. The van der Waals surface area contributed by atoms with Crippen LogP contribution in [0.5, 0.6) is 0 Å². The predicted molar refractivity (Wildman–Crippen MR) is 115 cm³/mol. The van der Waals surface area contributed by atoms with E-state index in [1.165, 1.54) is 24.3 Å². The number of non-ortho nitro benzene ring substituents is 1. The number of nitro benzene ring substituents is 1. The molecule has 2 aromatic carbocycles. The van der Waals surface area contributed by atoms with Crippen LogP contribution in [-0.4, -0.2) is 47.8 Å². The van der Waals surface area contributed by atoms with E-state index in [0.717, 1.165) is 25.9 Å². The molecule has 33 heavy (non-hydrogen) atoms. The minimum absolute atomic E-state index is 0.0270. The second-order valence-corrected chi connectivity index (χ2v) is 7.94. The summed E-state index contributed by atoms with van der Waals surface area (Å²) >= 11 is 0. The summed E-state index contributed by atoms with van der Waals surface area (Å²) in [7, 11) is 0. The molecule has 168 valence electrons. The minimum atomic E-state index is -0.437. The third-order valence-corrected chi connectivity index (χ3v) is 5.60. The number of benzene rings is 2. The first-order chi connectivity index (χ1) is 16.0. The Hall–Kier alpha value is -3.99.